The van der Waals surface area contributed by atoms with Crippen LogP contribution in [0.25, 0.3) is 16.7 Å². The predicted molar refractivity (Wildman–Crippen MR) is 139 cm³/mol. The molecule has 182 valence electrons. The molecule has 0 saturated heterocycles. The van der Waals surface area contributed by atoms with Gasteiger partial charge in [0.1, 0.15) is 6.33 Å². The number of imidazole rings is 2. The van der Waals surface area contributed by atoms with Gasteiger partial charge in [0, 0.05) is 29.5 Å². The van der Waals surface area contributed by atoms with E-state index in [0.717, 1.165) is 29.2 Å². The Morgan fingerprint density at radius 2 is 1.89 bits per heavy atom. The Morgan fingerprint density at radius 3 is 2.77 bits per heavy atom. The van der Waals surface area contributed by atoms with Crippen LogP contribution in [-0.2, 0) is 0 Å². The van der Waals surface area contributed by atoms with Gasteiger partial charge in [-0.2, -0.15) is 0 Å². The molecule has 35 heavy (non-hydrogen) atoms. The van der Waals surface area contributed by atoms with Crippen LogP contribution in [0.4, 0.5) is 0 Å². The van der Waals surface area contributed by atoms with E-state index in [1.165, 1.54) is 69.0 Å². The molecule has 4 heteroatoms. The van der Waals surface area contributed by atoms with E-state index in [0.29, 0.717) is 16.9 Å². The molecule has 5 aliphatic carbocycles. The van der Waals surface area contributed by atoms with Gasteiger partial charge in [-0.1, -0.05) is 38.5 Å². The minimum atomic E-state index is 0.235. The zero-order valence-electron chi connectivity index (χ0n) is 21.2. The topological polar surface area (TPSA) is 35.6 Å². The number of aromatic nitrogens is 4. The maximum Gasteiger partial charge on any atom is 0.100 e. The molecule has 2 aromatic heterocycles. The molecule has 0 radical (unpaired) electrons. The second kappa shape index (κ2) is 6.89. The maximum atomic E-state index is 4.76. The van der Waals surface area contributed by atoms with Gasteiger partial charge < -0.3 is 9.13 Å². The van der Waals surface area contributed by atoms with Crippen molar-refractivity contribution in [1.82, 2.24) is 19.1 Å². The first-order valence-electron chi connectivity index (χ1n) is 14.2. The number of fused-ring (bicyclic) bond motifs is 5. The molecule has 0 N–H and O–H groups in total. The van der Waals surface area contributed by atoms with E-state index in [2.05, 4.69) is 77.2 Å². The van der Waals surface area contributed by atoms with Crippen LogP contribution in [0.1, 0.15) is 77.7 Å². The number of nitrogens with zero attached hydrogens (tertiary/aromatic N) is 4. The highest BCUT2D eigenvalue weighted by molar-refractivity contribution is 5.80. The third kappa shape index (κ3) is 2.40. The molecule has 4 nitrogen and oxygen atoms in total. The van der Waals surface area contributed by atoms with Crippen LogP contribution in [0.5, 0.6) is 0 Å². The summed E-state index contributed by atoms with van der Waals surface area (Å²) in [5, 5.41) is 0. The Morgan fingerprint density at radius 1 is 0.971 bits per heavy atom. The largest absolute Gasteiger partial charge is 0.334 e. The highest BCUT2D eigenvalue weighted by Gasteiger charge is 2.71. The van der Waals surface area contributed by atoms with Crippen LogP contribution in [-0.4, -0.2) is 19.1 Å². The molecule has 3 aromatic rings. The Kier molecular flexibility index (Phi) is 4.10. The van der Waals surface area contributed by atoms with Crippen molar-refractivity contribution >= 4 is 16.7 Å². The average Bonchev–Trinajstić information content (AvgIpc) is 3.67. The second-order valence-electron chi connectivity index (χ2n) is 13.1. The summed E-state index contributed by atoms with van der Waals surface area (Å²) in [6.45, 7) is 5.34. The van der Waals surface area contributed by atoms with E-state index in [4.69, 9.17) is 4.98 Å². The molecule has 2 heterocycles. The third-order valence-electron chi connectivity index (χ3n) is 12.4. The molecular formula is C31H38N4. The molecular weight excluding hydrogens is 428 g/mol. The van der Waals surface area contributed by atoms with Crippen molar-refractivity contribution in [3.63, 3.8) is 0 Å². The summed E-state index contributed by atoms with van der Waals surface area (Å²) in [7, 11) is 0. The van der Waals surface area contributed by atoms with Crippen molar-refractivity contribution in [1.29, 1.82) is 0 Å². The average molecular weight is 467 g/mol. The van der Waals surface area contributed by atoms with Crippen LogP contribution in [0.3, 0.4) is 0 Å². The van der Waals surface area contributed by atoms with Crippen molar-refractivity contribution in [2.45, 2.75) is 77.7 Å². The highest BCUT2D eigenvalue weighted by atomic mass is 15.1. The molecule has 8 atom stereocenters. The van der Waals surface area contributed by atoms with Crippen molar-refractivity contribution in [2.75, 3.05) is 0 Å². The number of rotatable bonds is 2. The van der Waals surface area contributed by atoms with Gasteiger partial charge in [0.15, 0.2) is 0 Å². The lowest BCUT2D eigenvalue weighted by Gasteiger charge is -2.64. The predicted octanol–water partition coefficient (Wildman–Crippen LogP) is 7.36. The SMILES string of the molecule is C[C@]12CCC3C(C[C@@H](n4ccnc4)C45CCCC4CC[C@]35C)C1CC=C2n1cnc2ccccc21. The van der Waals surface area contributed by atoms with Gasteiger partial charge in [-0.05, 0) is 98.0 Å². The smallest absolute Gasteiger partial charge is 0.100 e. The molecule has 1 aromatic carbocycles. The zero-order chi connectivity index (χ0) is 23.4. The van der Waals surface area contributed by atoms with Gasteiger partial charge >= 0.3 is 0 Å². The van der Waals surface area contributed by atoms with Crippen LogP contribution < -0.4 is 0 Å². The van der Waals surface area contributed by atoms with E-state index in [1.54, 1.807) is 0 Å². The summed E-state index contributed by atoms with van der Waals surface area (Å²) in [6, 6.07) is 9.26. The molecule has 8 rings (SSSR count). The van der Waals surface area contributed by atoms with E-state index < -0.39 is 0 Å². The van der Waals surface area contributed by atoms with Crippen LogP contribution in [0, 0.1) is 39.9 Å². The van der Waals surface area contributed by atoms with Crippen molar-refractivity contribution < 1.29 is 0 Å². The third-order valence-corrected chi connectivity index (χ3v) is 12.4. The highest BCUT2D eigenvalue weighted by Crippen LogP contribution is 2.78. The monoisotopic (exact) mass is 466 g/mol. The van der Waals surface area contributed by atoms with Crippen LogP contribution in [0.15, 0.2) is 55.4 Å². The Balaban J connectivity index is 1.22. The van der Waals surface area contributed by atoms with E-state index in [-0.39, 0.29) is 5.41 Å². The lowest BCUT2D eigenvalue weighted by Crippen LogP contribution is -2.58. The van der Waals surface area contributed by atoms with Gasteiger partial charge in [0.2, 0.25) is 0 Å². The fourth-order valence-corrected chi connectivity index (χ4v) is 11.1. The van der Waals surface area contributed by atoms with Gasteiger partial charge in [-0.15, -0.1) is 0 Å². The second-order valence-corrected chi connectivity index (χ2v) is 13.1. The molecule has 1 spiro atoms. The lowest BCUT2D eigenvalue weighted by molar-refractivity contribution is -0.148. The van der Waals surface area contributed by atoms with Gasteiger partial charge in [0.05, 0.1) is 17.4 Å². The minimum absolute atomic E-state index is 0.235. The molecule has 4 saturated carbocycles. The lowest BCUT2D eigenvalue weighted by atomic mass is 9.42. The standard InChI is InChI=1S/C31H38N4/c1-29-14-12-24-22(23(29)9-10-27(29)35-20-33-25-7-3-4-8-26(25)35)18-28(34-17-16-32-19-34)31-13-5-6-21(31)11-15-30(24,31)2/h3-4,7-8,10,16-17,19-24,28H,5-6,9,11-15,18H2,1-2H3/t21?,22?,23?,24?,28-,29+,30-,31?/m1/s1. The molecule has 0 aliphatic heterocycles. The Labute approximate surface area is 208 Å². The van der Waals surface area contributed by atoms with Crippen molar-refractivity contribution in [2.24, 2.45) is 39.9 Å². The summed E-state index contributed by atoms with van der Waals surface area (Å²) in [6.07, 6.45) is 23.6. The number of hydrogen-bond acceptors (Lipinski definition) is 2. The van der Waals surface area contributed by atoms with Crippen LogP contribution >= 0.6 is 0 Å². The van der Waals surface area contributed by atoms with E-state index in [1.807, 2.05) is 6.20 Å². The first-order chi connectivity index (χ1) is 17.1. The molecule has 0 amide bonds. The Hall–Kier alpha value is -2.36. The maximum absolute atomic E-state index is 4.76. The normalized spacial score (nSPS) is 44.1. The van der Waals surface area contributed by atoms with Crippen molar-refractivity contribution in [3.8, 4) is 0 Å². The van der Waals surface area contributed by atoms with Crippen molar-refractivity contribution in [3.05, 3.63) is 55.4 Å². The number of benzene rings is 1. The molecule has 4 fully saturated rings. The quantitative estimate of drug-likeness (QED) is 0.395. The summed E-state index contributed by atoms with van der Waals surface area (Å²) < 4.78 is 4.98. The fraction of sp³-hybridized carbons (Fsp3) is 0.613. The minimum Gasteiger partial charge on any atom is -0.334 e. The van der Waals surface area contributed by atoms with E-state index in [9.17, 15) is 0 Å². The summed E-state index contributed by atoms with van der Waals surface area (Å²) >= 11 is 0. The van der Waals surface area contributed by atoms with E-state index >= 15 is 0 Å². The summed E-state index contributed by atoms with van der Waals surface area (Å²) in [5.74, 6) is 3.32. The number of allylic oxidation sites excluding steroid dienone is 2. The molecule has 0 bridgehead atoms. The van der Waals surface area contributed by atoms with Gasteiger partial charge in [0.25, 0.3) is 0 Å². The molecule has 5 aliphatic rings. The first-order valence-corrected chi connectivity index (χ1v) is 14.2. The molecule has 5 unspecified atom stereocenters. The van der Waals surface area contributed by atoms with Crippen LogP contribution in [0.2, 0.25) is 0 Å². The number of para-hydroxylation sites is 2. The van der Waals surface area contributed by atoms with Gasteiger partial charge in [-0.3, -0.25) is 0 Å². The summed E-state index contributed by atoms with van der Waals surface area (Å²) in [5.41, 5.74) is 5.08. The fourth-order valence-electron chi connectivity index (χ4n) is 11.1. The Bertz CT molecular complexity index is 1320. The summed E-state index contributed by atoms with van der Waals surface area (Å²) in [4.78, 5) is 9.31. The van der Waals surface area contributed by atoms with Gasteiger partial charge in [-0.25, -0.2) is 9.97 Å². The first kappa shape index (κ1) is 20.8. The zero-order valence-corrected chi connectivity index (χ0v) is 21.2. The number of hydrogen-bond donors (Lipinski definition) is 0.